The molecule has 3 rings (SSSR count). The van der Waals surface area contributed by atoms with Crippen LogP contribution in [0.5, 0.6) is 0 Å². The largest absolute Gasteiger partial charge is 0.451 e. The van der Waals surface area contributed by atoms with E-state index >= 15 is 0 Å². The van der Waals surface area contributed by atoms with Gasteiger partial charge in [0.05, 0.1) is 29.2 Å². The first kappa shape index (κ1) is 18.8. The van der Waals surface area contributed by atoms with E-state index in [1.54, 1.807) is 43.3 Å². The number of ether oxygens (including phenoxy) is 2. The van der Waals surface area contributed by atoms with Crippen molar-refractivity contribution >= 4 is 16.9 Å². The molecule has 1 atom stereocenters. The number of para-hydroxylation sites is 1. The second kappa shape index (κ2) is 8.14. The van der Waals surface area contributed by atoms with Crippen LogP contribution in [0.2, 0.25) is 0 Å². The van der Waals surface area contributed by atoms with Gasteiger partial charge in [-0.2, -0.15) is 0 Å². The summed E-state index contributed by atoms with van der Waals surface area (Å²) in [5.41, 5.74) is 1.72. The molecule has 0 aliphatic rings. The molecule has 0 aliphatic heterocycles. The smallest absolute Gasteiger partial charge is 0.338 e. The predicted octanol–water partition coefficient (Wildman–Crippen LogP) is 3.77. The van der Waals surface area contributed by atoms with Gasteiger partial charge in [-0.15, -0.1) is 0 Å². The predicted molar refractivity (Wildman–Crippen MR) is 103 cm³/mol. The zero-order valence-corrected chi connectivity index (χ0v) is 15.6. The number of aromatic nitrogens is 2. The third-order valence-corrected chi connectivity index (χ3v) is 4.07. The number of benzene rings is 2. The first-order chi connectivity index (χ1) is 12.9. The SMILES string of the molecule is CC(C)OCc1ccc(C(=O)O[C@H](C)c2nc3ccccc3c(=O)[nH]2)cc1. The van der Waals surface area contributed by atoms with Crippen LogP contribution in [-0.2, 0) is 16.1 Å². The number of carbonyl (C=O) groups is 1. The lowest BCUT2D eigenvalue weighted by atomic mass is 10.1. The fourth-order valence-electron chi connectivity index (χ4n) is 2.58. The highest BCUT2D eigenvalue weighted by Gasteiger charge is 2.17. The van der Waals surface area contributed by atoms with Crippen molar-refractivity contribution < 1.29 is 14.3 Å². The maximum Gasteiger partial charge on any atom is 0.338 e. The molecule has 0 saturated heterocycles. The van der Waals surface area contributed by atoms with E-state index in [0.717, 1.165) is 5.56 Å². The van der Waals surface area contributed by atoms with Crippen LogP contribution in [0.25, 0.3) is 10.9 Å². The van der Waals surface area contributed by atoms with E-state index in [1.807, 2.05) is 26.0 Å². The van der Waals surface area contributed by atoms with Gasteiger partial charge in [0.15, 0.2) is 11.9 Å². The van der Waals surface area contributed by atoms with Gasteiger partial charge in [0.2, 0.25) is 0 Å². The van der Waals surface area contributed by atoms with E-state index in [4.69, 9.17) is 9.47 Å². The molecule has 0 unspecified atom stereocenters. The number of nitrogens with one attached hydrogen (secondary N) is 1. The summed E-state index contributed by atoms with van der Waals surface area (Å²) >= 11 is 0. The minimum atomic E-state index is -0.682. The number of carbonyl (C=O) groups excluding carboxylic acids is 1. The van der Waals surface area contributed by atoms with Crippen molar-refractivity contribution in [3.8, 4) is 0 Å². The Labute approximate surface area is 157 Å². The molecule has 1 N–H and O–H groups in total. The summed E-state index contributed by atoms with van der Waals surface area (Å²) in [5.74, 6) is -0.163. The minimum Gasteiger partial charge on any atom is -0.451 e. The van der Waals surface area contributed by atoms with Gasteiger partial charge in [-0.05, 0) is 50.6 Å². The summed E-state index contributed by atoms with van der Waals surface area (Å²) in [7, 11) is 0. The van der Waals surface area contributed by atoms with Gasteiger partial charge in [0.1, 0.15) is 0 Å². The Bertz CT molecular complexity index is 993. The summed E-state index contributed by atoms with van der Waals surface area (Å²) < 4.78 is 11.0. The molecular weight excluding hydrogens is 344 g/mol. The Morgan fingerprint density at radius 3 is 2.48 bits per heavy atom. The number of esters is 1. The topological polar surface area (TPSA) is 81.3 Å². The molecule has 0 amide bonds. The average Bonchev–Trinajstić information content (AvgIpc) is 2.66. The molecule has 3 aromatic rings. The van der Waals surface area contributed by atoms with Crippen LogP contribution in [0.1, 0.15) is 48.6 Å². The van der Waals surface area contributed by atoms with E-state index in [2.05, 4.69) is 9.97 Å². The Hall–Kier alpha value is -2.99. The Balaban J connectivity index is 1.71. The van der Waals surface area contributed by atoms with Crippen LogP contribution in [0.15, 0.2) is 53.3 Å². The third kappa shape index (κ3) is 4.60. The lowest BCUT2D eigenvalue weighted by molar-refractivity contribution is 0.0319. The second-order valence-corrected chi connectivity index (χ2v) is 6.57. The molecule has 0 spiro atoms. The maximum atomic E-state index is 12.4. The number of fused-ring (bicyclic) bond motifs is 1. The second-order valence-electron chi connectivity index (χ2n) is 6.57. The van der Waals surface area contributed by atoms with Gasteiger partial charge in [-0.3, -0.25) is 4.79 Å². The lowest BCUT2D eigenvalue weighted by Crippen LogP contribution is -2.17. The molecule has 0 bridgehead atoms. The van der Waals surface area contributed by atoms with Crippen molar-refractivity contribution in [3.05, 3.63) is 75.8 Å². The molecular formula is C21H22N2O4. The highest BCUT2D eigenvalue weighted by atomic mass is 16.5. The first-order valence-corrected chi connectivity index (χ1v) is 8.84. The summed E-state index contributed by atoms with van der Waals surface area (Å²) in [4.78, 5) is 31.6. The van der Waals surface area contributed by atoms with Crippen LogP contribution in [0.4, 0.5) is 0 Å². The normalized spacial score (nSPS) is 12.3. The van der Waals surface area contributed by atoms with Crippen molar-refractivity contribution in [2.24, 2.45) is 0 Å². The van der Waals surface area contributed by atoms with Crippen molar-refractivity contribution in [1.29, 1.82) is 0 Å². The van der Waals surface area contributed by atoms with Crippen molar-refractivity contribution in [3.63, 3.8) is 0 Å². The van der Waals surface area contributed by atoms with Crippen LogP contribution in [-0.4, -0.2) is 22.0 Å². The number of rotatable bonds is 6. The van der Waals surface area contributed by atoms with E-state index in [1.165, 1.54) is 0 Å². The molecule has 140 valence electrons. The minimum absolute atomic E-state index is 0.145. The average molecular weight is 366 g/mol. The van der Waals surface area contributed by atoms with Gasteiger partial charge in [-0.25, -0.2) is 9.78 Å². The van der Waals surface area contributed by atoms with E-state index in [0.29, 0.717) is 28.9 Å². The van der Waals surface area contributed by atoms with E-state index in [-0.39, 0.29) is 11.7 Å². The van der Waals surface area contributed by atoms with Crippen LogP contribution >= 0.6 is 0 Å². The number of H-pyrrole nitrogens is 1. The zero-order valence-electron chi connectivity index (χ0n) is 15.6. The molecule has 0 saturated carbocycles. The molecule has 27 heavy (non-hydrogen) atoms. The number of hydrogen-bond acceptors (Lipinski definition) is 5. The quantitative estimate of drug-likeness (QED) is 0.672. The highest BCUT2D eigenvalue weighted by molar-refractivity contribution is 5.89. The molecule has 0 fully saturated rings. The fourth-order valence-corrected chi connectivity index (χ4v) is 2.58. The summed E-state index contributed by atoms with van der Waals surface area (Å²) in [6, 6.07) is 14.1. The van der Waals surface area contributed by atoms with Crippen LogP contribution < -0.4 is 5.56 Å². The van der Waals surface area contributed by atoms with Crippen molar-refractivity contribution in [1.82, 2.24) is 9.97 Å². The standard InChI is InChI=1S/C21H22N2O4/c1-13(2)26-12-15-8-10-16(11-9-15)21(25)27-14(3)19-22-18-7-5-4-6-17(18)20(24)23-19/h4-11,13-14H,12H2,1-3H3,(H,22,23,24)/t14-/m1/s1. The summed E-state index contributed by atoms with van der Waals surface area (Å²) in [6.07, 6.45) is -0.536. The van der Waals surface area contributed by atoms with Gasteiger partial charge < -0.3 is 14.5 Å². The molecule has 0 aliphatic carbocycles. The highest BCUT2D eigenvalue weighted by Crippen LogP contribution is 2.17. The number of hydrogen-bond donors (Lipinski definition) is 1. The maximum absolute atomic E-state index is 12.4. The Morgan fingerprint density at radius 1 is 1.07 bits per heavy atom. The number of aromatic amines is 1. The van der Waals surface area contributed by atoms with E-state index in [9.17, 15) is 9.59 Å². The molecule has 1 aromatic heterocycles. The van der Waals surface area contributed by atoms with Crippen LogP contribution in [0, 0.1) is 0 Å². The van der Waals surface area contributed by atoms with Gasteiger partial charge in [0, 0.05) is 0 Å². The Morgan fingerprint density at radius 2 is 1.78 bits per heavy atom. The molecule has 6 nitrogen and oxygen atoms in total. The van der Waals surface area contributed by atoms with Gasteiger partial charge >= 0.3 is 5.97 Å². The number of nitrogens with zero attached hydrogens (tertiary/aromatic N) is 1. The molecule has 0 radical (unpaired) electrons. The lowest BCUT2D eigenvalue weighted by Gasteiger charge is -2.13. The molecule has 1 heterocycles. The fraction of sp³-hybridized carbons (Fsp3) is 0.286. The molecule has 2 aromatic carbocycles. The monoisotopic (exact) mass is 366 g/mol. The van der Waals surface area contributed by atoms with Gasteiger partial charge in [0.25, 0.3) is 5.56 Å². The van der Waals surface area contributed by atoms with E-state index < -0.39 is 12.1 Å². The Kier molecular flexibility index (Phi) is 5.66. The third-order valence-electron chi connectivity index (χ3n) is 4.07. The zero-order chi connectivity index (χ0) is 19.4. The molecule has 6 heteroatoms. The van der Waals surface area contributed by atoms with Gasteiger partial charge in [-0.1, -0.05) is 24.3 Å². The van der Waals surface area contributed by atoms with Crippen molar-refractivity contribution in [2.45, 2.75) is 39.6 Å². The van der Waals surface area contributed by atoms with Crippen LogP contribution in [0.3, 0.4) is 0 Å². The summed E-state index contributed by atoms with van der Waals surface area (Å²) in [6.45, 7) is 6.11. The summed E-state index contributed by atoms with van der Waals surface area (Å²) in [5, 5.41) is 0.499. The first-order valence-electron chi connectivity index (χ1n) is 8.84. The van der Waals surface area contributed by atoms with Crippen molar-refractivity contribution in [2.75, 3.05) is 0 Å².